The normalized spacial score (nSPS) is 27.8. The Kier molecular flexibility index (Phi) is 4.45. The fourth-order valence-electron chi connectivity index (χ4n) is 2.95. The minimum absolute atomic E-state index is 0.810. The van der Waals surface area contributed by atoms with Crippen molar-refractivity contribution in [2.45, 2.75) is 63.5 Å². The Bertz CT molecular complexity index is 165. The van der Waals surface area contributed by atoms with E-state index in [0.29, 0.717) is 0 Å². The van der Waals surface area contributed by atoms with E-state index < -0.39 is 0 Å². The summed E-state index contributed by atoms with van der Waals surface area (Å²) in [6.07, 6.45) is 11.4. The van der Waals surface area contributed by atoms with Gasteiger partial charge in [-0.1, -0.05) is 25.7 Å². The van der Waals surface area contributed by atoms with Gasteiger partial charge in [-0.05, 0) is 45.8 Å². The summed E-state index contributed by atoms with van der Waals surface area (Å²) in [5.74, 6) is 0. The number of rotatable bonds is 2. The lowest BCUT2D eigenvalue weighted by Gasteiger charge is -2.32. The second-order valence-corrected chi connectivity index (χ2v) is 5.43. The molecule has 1 N–H and O–H groups in total. The predicted octanol–water partition coefficient (Wildman–Crippen LogP) is 2.39. The first-order valence-electron chi connectivity index (χ1n) is 6.79. The summed E-state index contributed by atoms with van der Waals surface area (Å²) in [5, 5.41) is 3.89. The minimum atomic E-state index is 0.810. The Morgan fingerprint density at radius 1 is 0.800 bits per heavy atom. The quantitative estimate of drug-likeness (QED) is 0.704. The largest absolute Gasteiger partial charge is 0.311 e. The molecule has 15 heavy (non-hydrogen) atoms. The third-order valence-corrected chi connectivity index (χ3v) is 4.05. The first-order chi connectivity index (χ1) is 7.34. The van der Waals surface area contributed by atoms with E-state index in [4.69, 9.17) is 0 Å². The number of likely N-dealkylation sites (tertiary alicyclic amines) is 1. The second-order valence-electron chi connectivity index (χ2n) is 5.43. The van der Waals surface area contributed by atoms with Crippen LogP contribution in [0, 0.1) is 0 Å². The molecule has 2 rings (SSSR count). The van der Waals surface area contributed by atoms with E-state index in [0.717, 1.165) is 12.1 Å². The van der Waals surface area contributed by atoms with Gasteiger partial charge in [-0.25, -0.2) is 0 Å². The van der Waals surface area contributed by atoms with Gasteiger partial charge in [0.15, 0.2) is 0 Å². The standard InChI is InChI=1S/C13H26N2/c1-15-10-8-13(9-11-15)14-12-6-4-2-3-5-7-12/h12-14H,2-11H2,1H3. The van der Waals surface area contributed by atoms with Gasteiger partial charge < -0.3 is 10.2 Å². The molecule has 0 bridgehead atoms. The maximum absolute atomic E-state index is 3.89. The van der Waals surface area contributed by atoms with Crippen molar-refractivity contribution in [3.05, 3.63) is 0 Å². The SMILES string of the molecule is CN1CCC(NC2CCCCCC2)CC1. The number of hydrogen-bond donors (Lipinski definition) is 1. The van der Waals surface area contributed by atoms with E-state index in [9.17, 15) is 0 Å². The third-order valence-electron chi connectivity index (χ3n) is 4.05. The van der Waals surface area contributed by atoms with Crippen molar-refractivity contribution in [3.63, 3.8) is 0 Å². The fourth-order valence-corrected chi connectivity index (χ4v) is 2.95. The third kappa shape index (κ3) is 3.76. The fraction of sp³-hybridized carbons (Fsp3) is 1.00. The van der Waals surface area contributed by atoms with Gasteiger partial charge in [-0.3, -0.25) is 0 Å². The summed E-state index contributed by atoms with van der Waals surface area (Å²) in [6, 6.07) is 1.64. The van der Waals surface area contributed by atoms with Crippen LogP contribution in [0.25, 0.3) is 0 Å². The molecular weight excluding hydrogens is 184 g/mol. The lowest BCUT2D eigenvalue weighted by molar-refractivity contribution is 0.220. The maximum atomic E-state index is 3.89. The van der Waals surface area contributed by atoms with Crippen molar-refractivity contribution in [2.75, 3.05) is 20.1 Å². The molecule has 1 aliphatic heterocycles. The monoisotopic (exact) mass is 210 g/mol. The molecular formula is C13H26N2. The van der Waals surface area contributed by atoms with Gasteiger partial charge in [0.2, 0.25) is 0 Å². The Hall–Kier alpha value is -0.0800. The summed E-state index contributed by atoms with van der Waals surface area (Å²) in [4.78, 5) is 2.45. The molecule has 2 heteroatoms. The van der Waals surface area contributed by atoms with Crippen LogP contribution in [0.1, 0.15) is 51.4 Å². The Labute approximate surface area is 94.4 Å². The lowest BCUT2D eigenvalue weighted by Crippen LogP contribution is -2.45. The van der Waals surface area contributed by atoms with E-state index in [1.165, 1.54) is 64.5 Å². The molecule has 0 radical (unpaired) electrons. The Morgan fingerprint density at radius 2 is 1.33 bits per heavy atom. The zero-order valence-corrected chi connectivity index (χ0v) is 10.2. The van der Waals surface area contributed by atoms with Crippen molar-refractivity contribution in [1.29, 1.82) is 0 Å². The predicted molar refractivity (Wildman–Crippen MR) is 65.1 cm³/mol. The molecule has 0 aromatic carbocycles. The molecule has 1 saturated heterocycles. The lowest BCUT2D eigenvalue weighted by atomic mass is 10.0. The highest BCUT2D eigenvalue weighted by Crippen LogP contribution is 2.19. The molecule has 1 aliphatic carbocycles. The van der Waals surface area contributed by atoms with E-state index in [1.807, 2.05) is 0 Å². The molecule has 0 atom stereocenters. The first-order valence-corrected chi connectivity index (χ1v) is 6.79. The molecule has 1 heterocycles. The van der Waals surface area contributed by atoms with E-state index in [-0.39, 0.29) is 0 Å². The van der Waals surface area contributed by atoms with E-state index in [1.54, 1.807) is 0 Å². The van der Waals surface area contributed by atoms with E-state index >= 15 is 0 Å². The Morgan fingerprint density at radius 3 is 1.93 bits per heavy atom. The van der Waals surface area contributed by atoms with Gasteiger partial charge in [0.1, 0.15) is 0 Å². The molecule has 0 aromatic heterocycles. The van der Waals surface area contributed by atoms with Gasteiger partial charge in [-0.15, -0.1) is 0 Å². The average molecular weight is 210 g/mol. The molecule has 88 valence electrons. The van der Waals surface area contributed by atoms with Gasteiger partial charge in [0, 0.05) is 12.1 Å². The summed E-state index contributed by atoms with van der Waals surface area (Å²) in [7, 11) is 2.24. The minimum Gasteiger partial charge on any atom is -0.311 e. The summed E-state index contributed by atoms with van der Waals surface area (Å²) >= 11 is 0. The molecule has 0 amide bonds. The molecule has 0 aromatic rings. The number of nitrogens with zero attached hydrogens (tertiary/aromatic N) is 1. The highest BCUT2D eigenvalue weighted by Gasteiger charge is 2.20. The molecule has 0 spiro atoms. The van der Waals surface area contributed by atoms with Gasteiger partial charge in [0.05, 0.1) is 0 Å². The van der Waals surface area contributed by atoms with Crippen LogP contribution in [0.2, 0.25) is 0 Å². The second kappa shape index (κ2) is 5.86. The van der Waals surface area contributed by atoms with Crippen LogP contribution in [-0.2, 0) is 0 Å². The number of nitrogens with one attached hydrogen (secondary N) is 1. The number of piperidine rings is 1. The topological polar surface area (TPSA) is 15.3 Å². The van der Waals surface area contributed by atoms with Crippen LogP contribution in [-0.4, -0.2) is 37.1 Å². The molecule has 1 saturated carbocycles. The molecule has 2 fully saturated rings. The van der Waals surface area contributed by atoms with Crippen molar-refractivity contribution in [1.82, 2.24) is 10.2 Å². The van der Waals surface area contributed by atoms with Crippen LogP contribution in [0.5, 0.6) is 0 Å². The summed E-state index contributed by atoms with van der Waals surface area (Å²) < 4.78 is 0. The van der Waals surface area contributed by atoms with Crippen molar-refractivity contribution in [3.8, 4) is 0 Å². The first kappa shape index (κ1) is 11.4. The molecule has 0 unspecified atom stereocenters. The zero-order chi connectivity index (χ0) is 10.5. The van der Waals surface area contributed by atoms with Crippen LogP contribution in [0.4, 0.5) is 0 Å². The summed E-state index contributed by atoms with van der Waals surface area (Å²) in [6.45, 7) is 2.56. The van der Waals surface area contributed by atoms with Crippen LogP contribution in [0.15, 0.2) is 0 Å². The zero-order valence-electron chi connectivity index (χ0n) is 10.2. The van der Waals surface area contributed by atoms with Crippen LogP contribution < -0.4 is 5.32 Å². The molecule has 2 nitrogen and oxygen atoms in total. The highest BCUT2D eigenvalue weighted by molar-refractivity contribution is 4.80. The van der Waals surface area contributed by atoms with Gasteiger partial charge >= 0.3 is 0 Å². The summed E-state index contributed by atoms with van der Waals surface area (Å²) in [5.41, 5.74) is 0. The van der Waals surface area contributed by atoms with Crippen LogP contribution >= 0.6 is 0 Å². The maximum Gasteiger partial charge on any atom is 0.00939 e. The van der Waals surface area contributed by atoms with Gasteiger partial charge in [0.25, 0.3) is 0 Å². The van der Waals surface area contributed by atoms with Crippen LogP contribution in [0.3, 0.4) is 0 Å². The van der Waals surface area contributed by atoms with Crippen molar-refractivity contribution in [2.24, 2.45) is 0 Å². The van der Waals surface area contributed by atoms with Crippen molar-refractivity contribution >= 4 is 0 Å². The average Bonchev–Trinajstić information content (AvgIpc) is 2.50. The molecule has 2 aliphatic rings. The van der Waals surface area contributed by atoms with Crippen molar-refractivity contribution < 1.29 is 0 Å². The van der Waals surface area contributed by atoms with E-state index in [2.05, 4.69) is 17.3 Å². The Balaban J connectivity index is 1.70. The van der Waals surface area contributed by atoms with Gasteiger partial charge in [-0.2, -0.15) is 0 Å². The highest BCUT2D eigenvalue weighted by atomic mass is 15.1. The number of hydrogen-bond acceptors (Lipinski definition) is 2. The smallest absolute Gasteiger partial charge is 0.00939 e.